The molecule has 1 aromatic rings. The van der Waals surface area contributed by atoms with Crippen LogP contribution in [0.3, 0.4) is 0 Å². The van der Waals surface area contributed by atoms with Gasteiger partial charge in [-0.2, -0.15) is 0 Å². The quantitative estimate of drug-likeness (QED) is 0.837. The Hall–Kier alpha value is -0.890. The molecule has 98 valence electrons. The second kappa shape index (κ2) is 4.65. The number of hydrogen-bond acceptors (Lipinski definition) is 1. The van der Waals surface area contributed by atoms with Crippen LogP contribution in [0.1, 0.15) is 44.6 Å². The van der Waals surface area contributed by atoms with Gasteiger partial charge in [-0.15, -0.1) is 0 Å². The lowest BCUT2D eigenvalue weighted by Crippen LogP contribution is -2.49. The lowest BCUT2D eigenvalue weighted by atomic mass is 9.58. The summed E-state index contributed by atoms with van der Waals surface area (Å²) in [6.45, 7) is 3.34. The van der Waals surface area contributed by atoms with Gasteiger partial charge in [-0.25, -0.2) is 4.39 Å². The summed E-state index contributed by atoms with van der Waals surface area (Å²) in [5.41, 5.74) is 1.60. The van der Waals surface area contributed by atoms with Gasteiger partial charge < -0.3 is 5.32 Å². The minimum atomic E-state index is -0.129. The van der Waals surface area contributed by atoms with E-state index in [1.165, 1.54) is 37.7 Å². The number of hydrogen-bond donors (Lipinski definition) is 1. The summed E-state index contributed by atoms with van der Waals surface area (Å²) in [5, 5.41) is 3.66. The van der Waals surface area contributed by atoms with E-state index in [0.717, 1.165) is 18.5 Å². The largest absolute Gasteiger partial charge is 0.313 e. The van der Waals surface area contributed by atoms with Gasteiger partial charge in [-0.05, 0) is 49.3 Å². The zero-order valence-electron chi connectivity index (χ0n) is 11.1. The third kappa shape index (κ3) is 2.31. The third-order valence-corrected chi connectivity index (χ3v) is 4.70. The minimum absolute atomic E-state index is 0.129. The zero-order valence-corrected chi connectivity index (χ0v) is 11.1. The predicted molar refractivity (Wildman–Crippen MR) is 72.1 cm³/mol. The van der Waals surface area contributed by atoms with Crippen molar-refractivity contribution in [3.8, 4) is 0 Å². The second-order valence-corrected chi connectivity index (χ2v) is 6.12. The Labute approximate surface area is 109 Å². The molecule has 2 saturated carbocycles. The summed E-state index contributed by atoms with van der Waals surface area (Å²) in [6.07, 6.45) is 6.45. The summed E-state index contributed by atoms with van der Waals surface area (Å²) >= 11 is 0. The van der Waals surface area contributed by atoms with Crippen LogP contribution in [0.15, 0.2) is 24.3 Å². The molecule has 0 radical (unpaired) electrons. The monoisotopic (exact) mass is 247 g/mol. The van der Waals surface area contributed by atoms with Crippen LogP contribution in [0.2, 0.25) is 0 Å². The van der Waals surface area contributed by atoms with Crippen molar-refractivity contribution in [1.82, 2.24) is 5.32 Å². The smallest absolute Gasteiger partial charge is 0.123 e. The molecule has 18 heavy (non-hydrogen) atoms. The van der Waals surface area contributed by atoms with Crippen LogP contribution in [0.5, 0.6) is 0 Å². The Kier molecular flexibility index (Phi) is 3.14. The molecule has 1 nitrogen and oxygen atoms in total. The Morgan fingerprint density at radius 2 is 1.89 bits per heavy atom. The normalized spacial score (nSPS) is 31.1. The van der Waals surface area contributed by atoms with Crippen molar-refractivity contribution in [3.05, 3.63) is 35.6 Å². The number of nitrogens with one attached hydrogen (secondary N) is 1. The van der Waals surface area contributed by atoms with Crippen LogP contribution in [-0.2, 0) is 5.41 Å². The van der Waals surface area contributed by atoms with Gasteiger partial charge in [0.25, 0.3) is 0 Å². The molecule has 2 fully saturated rings. The molecular weight excluding hydrogens is 225 g/mol. The van der Waals surface area contributed by atoms with Gasteiger partial charge in [0.2, 0.25) is 0 Å². The highest BCUT2D eigenvalue weighted by Crippen LogP contribution is 2.49. The van der Waals surface area contributed by atoms with Crippen LogP contribution in [-0.4, -0.2) is 12.6 Å². The maximum absolute atomic E-state index is 13.0. The van der Waals surface area contributed by atoms with E-state index in [1.807, 2.05) is 12.1 Å². The van der Waals surface area contributed by atoms with E-state index >= 15 is 0 Å². The molecule has 1 aromatic carbocycles. The fraction of sp³-hybridized carbons (Fsp3) is 0.625. The van der Waals surface area contributed by atoms with Gasteiger partial charge in [-0.3, -0.25) is 0 Å². The van der Waals surface area contributed by atoms with E-state index in [-0.39, 0.29) is 11.2 Å². The van der Waals surface area contributed by atoms with E-state index in [0.29, 0.717) is 0 Å². The summed E-state index contributed by atoms with van der Waals surface area (Å²) in [4.78, 5) is 0. The van der Waals surface area contributed by atoms with Crippen molar-refractivity contribution in [2.75, 3.05) is 6.54 Å². The molecule has 0 heterocycles. The van der Waals surface area contributed by atoms with Crippen molar-refractivity contribution in [2.24, 2.45) is 5.92 Å². The molecule has 2 aliphatic carbocycles. The number of halogens is 1. The molecule has 0 aromatic heterocycles. The molecule has 0 aliphatic heterocycles. The van der Waals surface area contributed by atoms with Crippen LogP contribution < -0.4 is 5.32 Å². The molecule has 0 amide bonds. The van der Waals surface area contributed by atoms with E-state index in [9.17, 15) is 4.39 Å². The Morgan fingerprint density at radius 3 is 2.44 bits per heavy atom. The molecule has 3 rings (SSSR count). The molecule has 0 atom stereocenters. The van der Waals surface area contributed by atoms with Crippen LogP contribution in [0.25, 0.3) is 0 Å². The van der Waals surface area contributed by atoms with Gasteiger partial charge in [0.15, 0.2) is 0 Å². The van der Waals surface area contributed by atoms with Crippen molar-refractivity contribution >= 4 is 0 Å². The van der Waals surface area contributed by atoms with Gasteiger partial charge in [0.1, 0.15) is 5.82 Å². The molecule has 2 aliphatic rings. The lowest BCUT2D eigenvalue weighted by Gasteiger charge is -2.48. The first-order valence-electron chi connectivity index (χ1n) is 7.21. The first-order chi connectivity index (χ1) is 8.72. The maximum atomic E-state index is 13.0. The Bertz CT molecular complexity index is 402. The van der Waals surface area contributed by atoms with Gasteiger partial charge >= 0.3 is 0 Å². The molecule has 0 spiro atoms. The third-order valence-electron chi connectivity index (χ3n) is 4.70. The predicted octanol–water partition coefficient (Wildman–Crippen LogP) is 3.64. The molecule has 0 unspecified atom stereocenters. The maximum Gasteiger partial charge on any atom is 0.123 e. The number of benzene rings is 1. The second-order valence-electron chi connectivity index (χ2n) is 6.12. The molecule has 1 N–H and O–H groups in total. The highest BCUT2D eigenvalue weighted by atomic mass is 19.1. The fourth-order valence-corrected chi connectivity index (χ4v) is 3.25. The minimum Gasteiger partial charge on any atom is -0.313 e. The molecular formula is C16H22FN. The van der Waals surface area contributed by atoms with E-state index in [1.54, 1.807) is 12.1 Å². The van der Waals surface area contributed by atoms with Gasteiger partial charge in [-0.1, -0.05) is 25.5 Å². The lowest BCUT2D eigenvalue weighted by molar-refractivity contribution is 0.133. The average Bonchev–Trinajstić information content (AvgIpc) is 3.14. The van der Waals surface area contributed by atoms with Crippen molar-refractivity contribution < 1.29 is 4.39 Å². The summed E-state index contributed by atoms with van der Waals surface area (Å²) < 4.78 is 13.0. The van der Waals surface area contributed by atoms with E-state index in [2.05, 4.69) is 12.2 Å². The summed E-state index contributed by atoms with van der Waals surface area (Å²) in [7, 11) is 0. The van der Waals surface area contributed by atoms with E-state index in [4.69, 9.17) is 0 Å². The number of rotatable bonds is 5. The van der Waals surface area contributed by atoms with Crippen LogP contribution >= 0.6 is 0 Å². The standard InChI is InChI=1S/C16H22FN/c1-2-12-9-16(10-12,11-18-15-7-8-15)13-3-5-14(17)6-4-13/h3-6,12,15,18H,2,7-11H2,1H3. The Morgan fingerprint density at radius 1 is 1.22 bits per heavy atom. The highest BCUT2D eigenvalue weighted by molar-refractivity contribution is 5.30. The van der Waals surface area contributed by atoms with Crippen LogP contribution in [0.4, 0.5) is 4.39 Å². The average molecular weight is 247 g/mol. The fourth-order valence-electron chi connectivity index (χ4n) is 3.25. The first-order valence-corrected chi connectivity index (χ1v) is 7.21. The SMILES string of the molecule is CCC1CC(CNC2CC2)(c2ccc(F)cc2)C1. The van der Waals surface area contributed by atoms with Crippen molar-refractivity contribution in [1.29, 1.82) is 0 Å². The van der Waals surface area contributed by atoms with Crippen molar-refractivity contribution in [2.45, 2.75) is 50.5 Å². The van der Waals surface area contributed by atoms with E-state index < -0.39 is 0 Å². The van der Waals surface area contributed by atoms with Crippen LogP contribution in [0, 0.1) is 11.7 Å². The molecule has 2 heteroatoms. The van der Waals surface area contributed by atoms with Gasteiger partial charge in [0, 0.05) is 18.0 Å². The molecule has 0 saturated heterocycles. The highest BCUT2D eigenvalue weighted by Gasteiger charge is 2.44. The Balaban J connectivity index is 1.74. The van der Waals surface area contributed by atoms with Crippen molar-refractivity contribution in [3.63, 3.8) is 0 Å². The summed E-state index contributed by atoms with van der Waals surface area (Å²) in [5.74, 6) is 0.728. The topological polar surface area (TPSA) is 12.0 Å². The zero-order chi connectivity index (χ0) is 12.6. The first kappa shape index (κ1) is 12.2. The summed E-state index contributed by atoms with van der Waals surface area (Å²) in [6, 6.07) is 7.93. The molecule has 0 bridgehead atoms. The van der Waals surface area contributed by atoms with Gasteiger partial charge in [0.05, 0.1) is 0 Å².